The Bertz CT molecular complexity index is 352. The van der Waals surface area contributed by atoms with E-state index in [0.717, 1.165) is 0 Å². The number of carbonyl (C=O) groups excluding carboxylic acids is 2. The standard InChI is InChI=1S/C12H22N2O4S/c1-7(10(16)14-12(3,4)5)19-6-9(11(17)18)13-8(2)15/h7,9H,6H2,1-5H3,(H,13,15)(H,14,16)(H,17,18). The van der Waals surface area contributed by atoms with Gasteiger partial charge in [-0.15, -0.1) is 11.8 Å². The van der Waals surface area contributed by atoms with Crippen molar-refractivity contribution in [2.45, 2.75) is 51.4 Å². The van der Waals surface area contributed by atoms with E-state index in [1.54, 1.807) is 6.92 Å². The second-order valence-corrected chi connectivity index (χ2v) is 6.68. The number of rotatable bonds is 6. The Labute approximate surface area is 117 Å². The average Bonchev–Trinajstić information content (AvgIpc) is 2.20. The third-order valence-electron chi connectivity index (χ3n) is 2.06. The Kier molecular flexibility index (Phi) is 6.89. The van der Waals surface area contributed by atoms with Gasteiger partial charge in [-0.2, -0.15) is 0 Å². The number of carboxylic acids is 1. The number of hydrogen-bond acceptors (Lipinski definition) is 4. The molecule has 0 aliphatic carbocycles. The molecule has 0 aromatic heterocycles. The summed E-state index contributed by atoms with van der Waals surface area (Å²) in [4.78, 5) is 33.6. The van der Waals surface area contributed by atoms with E-state index in [-0.39, 0.29) is 22.4 Å². The van der Waals surface area contributed by atoms with Gasteiger partial charge in [0.25, 0.3) is 0 Å². The van der Waals surface area contributed by atoms with Gasteiger partial charge in [-0.1, -0.05) is 0 Å². The maximum Gasteiger partial charge on any atom is 0.327 e. The summed E-state index contributed by atoms with van der Waals surface area (Å²) in [6.07, 6.45) is 0. The number of carbonyl (C=O) groups is 3. The summed E-state index contributed by atoms with van der Waals surface area (Å²) in [5, 5.41) is 13.7. The van der Waals surface area contributed by atoms with Gasteiger partial charge in [-0.05, 0) is 27.7 Å². The number of amides is 2. The second-order valence-electron chi connectivity index (χ2n) is 5.31. The fraction of sp³-hybridized carbons (Fsp3) is 0.750. The molecule has 0 aliphatic heterocycles. The van der Waals surface area contributed by atoms with Crippen LogP contribution in [0.25, 0.3) is 0 Å². The van der Waals surface area contributed by atoms with E-state index in [0.29, 0.717) is 0 Å². The first kappa shape index (κ1) is 17.8. The maximum atomic E-state index is 11.8. The number of carboxylic acid groups (broad SMARTS) is 1. The zero-order chi connectivity index (χ0) is 15.2. The van der Waals surface area contributed by atoms with E-state index < -0.39 is 17.9 Å². The van der Waals surface area contributed by atoms with Crippen molar-refractivity contribution < 1.29 is 19.5 Å². The lowest BCUT2D eigenvalue weighted by atomic mass is 10.1. The summed E-state index contributed by atoms with van der Waals surface area (Å²) in [6, 6.07) is -0.979. The molecule has 110 valence electrons. The maximum absolute atomic E-state index is 11.8. The SMILES string of the molecule is CC(=O)NC(CSC(C)C(=O)NC(C)(C)C)C(=O)O. The zero-order valence-electron chi connectivity index (χ0n) is 11.9. The smallest absolute Gasteiger partial charge is 0.327 e. The Morgan fingerprint density at radius 3 is 2.16 bits per heavy atom. The summed E-state index contributed by atoms with van der Waals surface area (Å²) < 4.78 is 0. The van der Waals surface area contributed by atoms with Crippen LogP contribution in [0.3, 0.4) is 0 Å². The molecule has 2 amide bonds. The Balaban J connectivity index is 4.32. The van der Waals surface area contributed by atoms with E-state index in [1.165, 1.54) is 18.7 Å². The molecule has 19 heavy (non-hydrogen) atoms. The van der Waals surface area contributed by atoms with Crippen LogP contribution in [0, 0.1) is 0 Å². The van der Waals surface area contributed by atoms with Crippen LogP contribution in [0.4, 0.5) is 0 Å². The van der Waals surface area contributed by atoms with Gasteiger partial charge in [0.05, 0.1) is 5.25 Å². The van der Waals surface area contributed by atoms with E-state index >= 15 is 0 Å². The molecule has 3 N–H and O–H groups in total. The average molecular weight is 290 g/mol. The van der Waals surface area contributed by atoms with Crippen molar-refractivity contribution in [3.8, 4) is 0 Å². The Morgan fingerprint density at radius 1 is 1.26 bits per heavy atom. The van der Waals surface area contributed by atoms with E-state index in [9.17, 15) is 14.4 Å². The van der Waals surface area contributed by atoms with Crippen LogP contribution < -0.4 is 10.6 Å². The van der Waals surface area contributed by atoms with Gasteiger partial charge in [0, 0.05) is 18.2 Å². The monoisotopic (exact) mass is 290 g/mol. The summed E-state index contributed by atoms with van der Waals surface area (Å²) in [5.41, 5.74) is -0.324. The highest BCUT2D eigenvalue weighted by Crippen LogP contribution is 2.14. The molecule has 0 saturated heterocycles. The third kappa shape index (κ3) is 8.47. The first-order chi connectivity index (χ1) is 8.53. The summed E-state index contributed by atoms with van der Waals surface area (Å²) >= 11 is 1.20. The molecule has 0 bridgehead atoms. The molecule has 7 heteroatoms. The zero-order valence-corrected chi connectivity index (χ0v) is 12.8. The molecule has 0 rings (SSSR count). The largest absolute Gasteiger partial charge is 0.480 e. The lowest BCUT2D eigenvalue weighted by molar-refractivity contribution is -0.140. The van der Waals surface area contributed by atoms with Crippen molar-refractivity contribution in [2.75, 3.05) is 5.75 Å². The quantitative estimate of drug-likeness (QED) is 0.666. The van der Waals surface area contributed by atoms with Gasteiger partial charge in [0.1, 0.15) is 6.04 Å². The molecule has 0 aromatic carbocycles. The van der Waals surface area contributed by atoms with Crippen LogP contribution in [0.15, 0.2) is 0 Å². The van der Waals surface area contributed by atoms with Crippen molar-refractivity contribution in [1.29, 1.82) is 0 Å². The molecule has 0 fully saturated rings. The number of nitrogens with one attached hydrogen (secondary N) is 2. The van der Waals surface area contributed by atoms with Crippen LogP contribution in [0.5, 0.6) is 0 Å². The van der Waals surface area contributed by atoms with Crippen LogP contribution >= 0.6 is 11.8 Å². The number of aliphatic carboxylic acids is 1. The molecule has 0 radical (unpaired) electrons. The summed E-state index contributed by atoms with van der Waals surface area (Å²) in [6.45, 7) is 8.59. The van der Waals surface area contributed by atoms with Crippen molar-refractivity contribution in [2.24, 2.45) is 0 Å². The number of thioether (sulfide) groups is 1. The summed E-state index contributed by atoms with van der Waals surface area (Å²) in [5.74, 6) is -1.51. The molecule has 0 aliphatic rings. The minimum Gasteiger partial charge on any atom is -0.480 e. The molecule has 6 nitrogen and oxygen atoms in total. The molecule has 0 heterocycles. The van der Waals surface area contributed by atoms with Gasteiger partial charge in [0.2, 0.25) is 11.8 Å². The second kappa shape index (κ2) is 7.37. The summed E-state index contributed by atoms with van der Waals surface area (Å²) in [7, 11) is 0. The normalized spacial score (nSPS) is 14.4. The van der Waals surface area contributed by atoms with Gasteiger partial charge >= 0.3 is 5.97 Å². The molecule has 2 unspecified atom stereocenters. The van der Waals surface area contributed by atoms with Crippen molar-refractivity contribution >= 4 is 29.5 Å². The van der Waals surface area contributed by atoms with Gasteiger partial charge in [0.15, 0.2) is 0 Å². The first-order valence-electron chi connectivity index (χ1n) is 5.96. The van der Waals surface area contributed by atoms with Crippen LogP contribution in [0.2, 0.25) is 0 Å². The third-order valence-corrected chi connectivity index (χ3v) is 3.30. The van der Waals surface area contributed by atoms with E-state index in [1.807, 2.05) is 20.8 Å². The van der Waals surface area contributed by atoms with Gasteiger partial charge < -0.3 is 15.7 Å². The topological polar surface area (TPSA) is 95.5 Å². The molecule has 2 atom stereocenters. The van der Waals surface area contributed by atoms with Gasteiger partial charge in [-0.25, -0.2) is 4.79 Å². The van der Waals surface area contributed by atoms with E-state index in [2.05, 4.69) is 10.6 Å². The number of hydrogen-bond donors (Lipinski definition) is 3. The fourth-order valence-corrected chi connectivity index (χ4v) is 2.12. The first-order valence-corrected chi connectivity index (χ1v) is 7.01. The van der Waals surface area contributed by atoms with Crippen LogP contribution in [0.1, 0.15) is 34.6 Å². The van der Waals surface area contributed by atoms with Crippen molar-refractivity contribution in [1.82, 2.24) is 10.6 Å². The molecular formula is C12H22N2O4S. The molecule has 0 saturated carbocycles. The fourth-order valence-electron chi connectivity index (χ4n) is 1.21. The predicted octanol–water partition coefficient (Wildman–Crippen LogP) is 0.612. The van der Waals surface area contributed by atoms with Gasteiger partial charge in [-0.3, -0.25) is 9.59 Å². The highest BCUT2D eigenvalue weighted by molar-refractivity contribution is 8.00. The highest BCUT2D eigenvalue weighted by Gasteiger charge is 2.23. The van der Waals surface area contributed by atoms with Crippen molar-refractivity contribution in [3.05, 3.63) is 0 Å². The predicted molar refractivity (Wildman–Crippen MR) is 75.1 cm³/mol. The lowest BCUT2D eigenvalue weighted by Crippen LogP contribution is -2.45. The molecular weight excluding hydrogens is 268 g/mol. The Hall–Kier alpha value is -1.24. The highest BCUT2D eigenvalue weighted by atomic mass is 32.2. The van der Waals surface area contributed by atoms with Crippen LogP contribution in [-0.2, 0) is 14.4 Å². The molecule has 0 aromatic rings. The molecule has 0 spiro atoms. The minimum atomic E-state index is -1.11. The van der Waals surface area contributed by atoms with E-state index in [4.69, 9.17) is 5.11 Å². The lowest BCUT2D eigenvalue weighted by Gasteiger charge is -2.23. The Morgan fingerprint density at radius 2 is 1.79 bits per heavy atom. The van der Waals surface area contributed by atoms with Crippen molar-refractivity contribution in [3.63, 3.8) is 0 Å². The minimum absolute atomic E-state index is 0.146. The van der Waals surface area contributed by atoms with Crippen LogP contribution in [-0.4, -0.2) is 45.5 Å².